The Balaban J connectivity index is 0.00000208. The fourth-order valence-corrected chi connectivity index (χ4v) is 2.97. The van der Waals surface area contributed by atoms with Crippen LogP contribution in [0.25, 0.3) is 0 Å². The van der Waals surface area contributed by atoms with Crippen LogP contribution in [-0.4, -0.2) is 50.9 Å². The Labute approximate surface area is 161 Å². The van der Waals surface area contributed by atoms with Gasteiger partial charge in [-0.05, 0) is 43.6 Å². The van der Waals surface area contributed by atoms with E-state index in [-0.39, 0.29) is 24.0 Å². The van der Waals surface area contributed by atoms with Crippen molar-refractivity contribution >= 4 is 29.9 Å². The summed E-state index contributed by atoms with van der Waals surface area (Å²) in [4.78, 5) is 6.79. The molecule has 2 aliphatic rings. The molecule has 1 fully saturated rings. The number of benzene rings is 1. The van der Waals surface area contributed by atoms with Crippen LogP contribution in [0.1, 0.15) is 24.8 Å². The third-order valence-corrected chi connectivity index (χ3v) is 4.29. The summed E-state index contributed by atoms with van der Waals surface area (Å²) in [6.45, 7) is 5.47. The van der Waals surface area contributed by atoms with E-state index in [2.05, 4.69) is 20.5 Å². The van der Waals surface area contributed by atoms with Crippen molar-refractivity contribution in [3.63, 3.8) is 0 Å². The van der Waals surface area contributed by atoms with Crippen molar-refractivity contribution in [3.8, 4) is 11.5 Å². The fourth-order valence-electron chi connectivity index (χ4n) is 2.97. The highest BCUT2D eigenvalue weighted by atomic mass is 127. The van der Waals surface area contributed by atoms with Crippen LogP contribution in [0.15, 0.2) is 23.2 Å². The Morgan fingerprint density at radius 2 is 1.92 bits per heavy atom. The zero-order valence-electron chi connectivity index (χ0n) is 14.2. The number of ether oxygens (including phenoxy) is 2. The molecule has 134 valence electrons. The molecule has 1 saturated heterocycles. The average Bonchev–Trinajstić information content (AvgIpc) is 3.06. The number of halogens is 1. The predicted octanol–water partition coefficient (Wildman–Crippen LogP) is 2.18. The average molecular weight is 446 g/mol. The molecule has 2 aliphatic heterocycles. The van der Waals surface area contributed by atoms with E-state index in [4.69, 9.17) is 9.47 Å². The van der Waals surface area contributed by atoms with Crippen molar-refractivity contribution in [2.45, 2.75) is 25.8 Å². The molecule has 0 radical (unpaired) electrons. The number of aliphatic imine (C=N–C) groups is 1. The summed E-state index contributed by atoms with van der Waals surface area (Å²) < 4.78 is 10.7. The molecule has 3 rings (SSSR count). The summed E-state index contributed by atoms with van der Waals surface area (Å²) in [7, 11) is 1.80. The normalized spacial score (nSPS) is 17.3. The van der Waals surface area contributed by atoms with E-state index < -0.39 is 0 Å². The molecule has 1 aromatic carbocycles. The number of fused-ring (bicyclic) bond motifs is 1. The molecular formula is C17H27IN4O2. The summed E-state index contributed by atoms with van der Waals surface area (Å²) >= 11 is 0. The Hall–Kier alpha value is -1.22. The molecule has 0 unspecified atom stereocenters. The first kappa shape index (κ1) is 19.1. The standard InChI is InChI=1S/C17H26N4O2.HI/c1-18-17(19-7-10-21-8-3-2-4-9-21)20-12-14-5-6-15-16(11-14)23-13-22-15;/h5-6,11H,2-4,7-10,12-13H2,1H3,(H2,18,19,20);1H. The van der Waals surface area contributed by atoms with Gasteiger partial charge in [0.15, 0.2) is 17.5 Å². The van der Waals surface area contributed by atoms with Crippen molar-refractivity contribution in [1.82, 2.24) is 15.5 Å². The van der Waals surface area contributed by atoms with Gasteiger partial charge in [-0.3, -0.25) is 4.99 Å². The lowest BCUT2D eigenvalue weighted by Gasteiger charge is -2.26. The number of guanidine groups is 1. The third kappa shape index (κ3) is 5.41. The van der Waals surface area contributed by atoms with Gasteiger partial charge in [0.05, 0.1) is 0 Å². The SMILES string of the molecule is CN=C(NCCN1CCCCC1)NCc1ccc2c(c1)OCO2.I. The molecule has 6 nitrogen and oxygen atoms in total. The molecule has 0 aromatic heterocycles. The zero-order valence-corrected chi connectivity index (χ0v) is 16.5. The molecule has 0 saturated carbocycles. The summed E-state index contributed by atoms with van der Waals surface area (Å²) in [6, 6.07) is 6.00. The number of piperidine rings is 1. The van der Waals surface area contributed by atoms with Gasteiger partial charge in [0.1, 0.15) is 0 Å². The lowest BCUT2D eigenvalue weighted by Crippen LogP contribution is -2.42. The van der Waals surface area contributed by atoms with Gasteiger partial charge in [-0.15, -0.1) is 24.0 Å². The Morgan fingerprint density at radius 3 is 2.71 bits per heavy atom. The van der Waals surface area contributed by atoms with Crippen molar-refractivity contribution in [3.05, 3.63) is 23.8 Å². The van der Waals surface area contributed by atoms with E-state index in [9.17, 15) is 0 Å². The topological polar surface area (TPSA) is 58.1 Å². The number of nitrogens with one attached hydrogen (secondary N) is 2. The number of hydrogen-bond donors (Lipinski definition) is 2. The molecule has 1 aromatic rings. The number of nitrogens with zero attached hydrogens (tertiary/aromatic N) is 2. The fraction of sp³-hybridized carbons (Fsp3) is 0.588. The highest BCUT2D eigenvalue weighted by Gasteiger charge is 2.13. The lowest BCUT2D eigenvalue weighted by atomic mass is 10.1. The maximum Gasteiger partial charge on any atom is 0.231 e. The molecule has 0 amide bonds. The highest BCUT2D eigenvalue weighted by molar-refractivity contribution is 14.0. The van der Waals surface area contributed by atoms with Crippen LogP contribution < -0.4 is 20.1 Å². The second-order valence-corrected chi connectivity index (χ2v) is 5.94. The quantitative estimate of drug-likeness (QED) is 0.413. The van der Waals surface area contributed by atoms with Gasteiger partial charge < -0.3 is 25.0 Å². The van der Waals surface area contributed by atoms with E-state index in [1.54, 1.807) is 7.05 Å². The van der Waals surface area contributed by atoms with E-state index >= 15 is 0 Å². The first-order chi connectivity index (χ1) is 11.3. The van der Waals surface area contributed by atoms with Gasteiger partial charge in [0, 0.05) is 26.7 Å². The van der Waals surface area contributed by atoms with Crippen molar-refractivity contribution < 1.29 is 9.47 Å². The van der Waals surface area contributed by atoms with Crippen LogP contribution in [-0.2, 0) is 6.54 Å². The van der Waals surface area contributed by atoms with Gasteiger partial charge in [-0.2, -0.15) is 0 Å². The number of likely N-dealkylation sites (tertiary alicyclic amines) is 1. The van der Waals surface area contributed by atoms with Gasteiger partial charge in [0.2, 0.25) is 6.79 Å². The van der Waals surface area contributed by atoms with Gasteiger partial charge >= 0.3 is 0 Å². The Morgan fingerprint density at radius 1 is 1.12 bits per heavy atom. The molecule has 0 atom stereocenters. The minimum absolute atomic E-state index is 0. The maximum absolute atomic E-state index is 5.40. The molecule has 24 heavy (non-hydrogen) atoms. The Bertz CT molecular complexity index is 547. The van der Waals surface area contributed by atoms with Crippen molar-refractivity contribution in [2.75, 3.05) is 40.0 Å². The predicted molar refractivity (Wildman–Crippen MR) is 106 cm³/mol. The summed E-state index contributed by atoms with van der Waals surface area (Å²) in [5.41, 5.74) is 1.15. The molecule has 0 bridgehead atoms. The van der Waals surface area contributed by atoms with E-state index in [1.165, 1.54) is 32.4 Å². The van der Waals surface area contributed by atoms with Gasteiger partial charge in [-0.25, -0.2) is 0 Å². The second-order valence-electron chi connectivity index (χ2n) is 5.94. The second kappa shape index (κ2) is 9.93. The van der Waals surface area contributed by atoms with Crippen LogP contribution >= 0.6 is 24.0 Å². The first-order valence-electron chi connectivity index (χ1n) is 8.40. The van der Waals surface area contributed by atoms with Crippen LogP contribution in [0.5, 0.6) is 11.5 Å². The largest absolute Gasteiger partial charge is 0.454 e. The minimum atomic E-state index is 0. The maximum atomic E-state index is 5.40. The van der Waals surface area contributed by atoms with Crippen LogP contribution in [0.4, 0.5) is 0 Å². The molecule has 7 heteroatoms. The number of rotatable bonds is 5. The van der Waals surface area contributed by atoms with Crippen molar-refractivity contribution in [2.24, 2.45) is 4.99 Å². The molecule has 0 spiro atoms. The molecule has 0 aliphatic carbocycles. The molecule has 2 heterocycles. The molecular weight excluding hydrogens is 419 g/mol. The smallest absolute Gasteiger partial charge is 0.231 e. The lowest BCUT2D eigenvalue weighted by molar-refractivity contribution is 0.174. The summed E-state index contributed by atoms with van der Waals surface area (Å²) in [5.74, 6) is 2.47. The summed E-state index contributed by atoms with van der Waals surface area (Å²) in [5, 5.41) is 6.72. The third-order valence-electron chi connectivity index (χ3n) is 4.29. The monoisotopic (exact) mass is 446 g/mol. The molecule has 2 N–H and O–H groups in total. The zero-order chi connectivity index (χ0) is 15.9. The van der Waals surface area contributed by atoms with Gasteiger partial charge in [0.25, 0.3) is 0 Å². The van der Waals surface area contributed by atoms with E-state index in [1.807, 2.05) is 18.2 Å². The number of hydrogen-bond acceptors (Lipinski definition) is 4. The van der Waals surface area contributed by atoms with Crippen molar-refractivity contribution in [1.29, 1.82) is 0 Å². The van der Waals surface area contributed by atoms with E-state index in [0.29, 0.717) is 13.3 Å². The minimum Gasteiger partial charge on any atom is -0.454 e. The van der Waals surface area contributed by atoms with Gasteiger partial charge in [-0.1, -0.05) is 12.5 Å². The summed E-state index contributed by atoms with van der Waals surface area (Å²) in [6.07, 6.45) is 4.04. The highest BCUT2D eigenvalue weighted by Crippen LogP contribution is 2.32. The Kier molecular flexibility index (Phi) is 7.90. The van der Waals surface area contributed by atoms with E-state index in [0.717, 1.165) is 36.1 Å². The van der Waals surface area contributed by atoms with Crippen LogP contribution in [0.3, 0.4) is 0 Å². The first-order valence-corrected chi connectivity index (χ1v) is 8.40. The van der Waals surface area contributed by atoms with Crippen LogP contribution in [0.2, 0.25) is 0 Å². The van der Waals surface area contributed by atoms with Crippen LogP contribution in [0, 0.1) is 0 Å².